The van der Waals surface area contributed by atoms with Crippen LogP contribution < -0.4 is 10.3 Å². The lowest BCUT2D eigenvalue weighted by atomic mass is 10.0. The van der Waals surface area contributed by atoms with Crippen LogP contribution in [0.4, 0.5) is 13.2 Å². The van der Waals surface area contributed by atoms with Crippen LogP contribution in [0.3, 0.4) is 0 Å². The maximum atomic E-state index is 14.9. The summed E-state index contributed by atoms with van der Waals surface area (Å²) in [5.74, 6) is -3.63. The Kier molecular flexibility index (Phi) is 6.77. The Morgan fingerprint density at radius 2 is 1.78 bits per heavy atom. The highest BCUT2D eigenvalue weighted by atomic mass is 32.2. The molecule has 2 N–H and O–H groups in total. The highest BCUT2D eigenvalue weighted by Gasteiger charge is 2.29. The van der Waals surface area contributed by atoms with Gasteiger partial charge in [0.25, 0.3) is 11.5 Å². The van der Waals surface area contributed by atoms with Crippen molar-refractivity contribution in [3.05, 3.63) is 93.3 Å². The van der Waals surface area contributed by atoms with E-state index in [9.17, 15) is 31.2 Å². The summed E-state index contributed by atoms with van der Waals surface area (Å²) in [7, 11) is -4.05. The molecule has 1 amide bonds. The number of aromatic amines is 1. The second kappa shape index (κ2) is 9.65. The number of carbonyl (C=O) groups excluding carboxylic acids is 1. The molecular formula is C25H22F3N3O4S. The first kappa shape index (κ1) is 25.2. The number of benzene rings is 2. The first-order chi connectivity index (χ1) is 17.1. The van der Waals surface area contributed by atoms with Crippen molar-refractivity contribution in [2.45, 2.75) is 26.8 Å². The van der Waals surface area contributed by atoms with Crippen molar-refractivity contribution in [1.82, 2.24) is 14.3 Å². The SMILES string of the molecule is CCc1cc2c(-c3ccc[nH]c3=O)c(C(=O)NS(=O)(=O)CC)n(Cc3cc(F)ccc3F)c2cc1F. The van der Waals surface area contributed by atoms with Crippen molar-refractivity contribution in [3.8, 4) is 11.1 Å². The number of aryl methyl sites for hydroxylation is 1. The molecule has 0 saturated carbocycles. The third-order valence-corrected chi connectivity index (χ3v) is 7.14. The van der Waals surface area contributed by atoms with Gasteiger partial charge < -0.3 is 9.55 Å². The molecule has 0 aliphatic rings. The lowest BCUT2D eigenvalue weighted by Gasteiger charge is -2.13. The second-order valence-corrected chi connectivity index (χ2v) is 10.1. The van der Waals surface area contributed by atoms with Gasteiger partial charge in [-0.25, -0.2) is 26.3 Å². The minimum atomic E-state index is -4.05. The fraction of sp³-hybridized carbons (Fsp3) is 0.200. The molecule has 0 aliphatic heterocycles. The van der Waals surface area contributed by atoms with E-state index < -0.39 is 51.2 Å². The van der Waals surface area contributed by atoms with Crippen molar-refractivity contribution in [2.24, 2.45) is 0 Å². The number of carbonyl (C=O) groups is 1. The lowest BCUT2D eigenvalue weighted by Crippen LogP contribution is -2.34. The van der Waals surface area contributed by atoms with Crippen molar-refractivity contribution in [3.63, 3.8) is 0 Å². The average Bonchev–Trinajstić information content (AvgIpc) is 3.13. The molecule has 2 heterocycles. The summed E-state index contributed by atoms with van der Waals surface area (Å²) in [5, 5.41) is 0.279. The van der Waals surface area contributed by atoms with Crippen molar-refractivity contribution in [2.75, 3.05) is 5.75 Å². The van der Waals surface area contributed by atoms with Crippen LogP contribution in [-0.2, 0) is 23.0 Å². The molecule has 0 aliphatic carbocycles. The summed E-state index contributed by atoms with van der Waals surface area (Å²) in [6.07, 6.45) is 1.67. The smallest absolute Gasteiger partial charge is 0.282 e. The van der Waals surface area contributed by atoms with Gasteiger partial charge in [0, 0.05) is 28.3 Å². The molecule has 0 spiro atoms. The molecule has 0 bridgehead atoms. The molecule has 188 valence electrons. The predicted molar refractivity (Wildman–Crippen MR) is 130 cm³/mol. The van der Waals surface area contributed by atoms with Gasteiger partial charge in [0.1, 0.15) is 23.1 Å². The Labute approximate surface area is 204 Å². The van der Waals surface area contributed by atoms with Gasteiger partial charge in [-0.3, -0.25) is 9.59 Å². The molecule has 36 heavy (non-hydrogen) atoms. The minimum Gasteiger partial charge on any atom is -0.331 e. The number of aromatic nitrogens is 2. The molecule has 0 atom stereocenters. The minimum absolute atomic E-state index is 0.0219. The molecule has 2 aromatic carbocycles. The van der Waals surface area contributed by atoms with E-state index in [1.165, 1.54) is 35.9 Å². The number of rotatable bonds is 7. The molecule has 11 heteroatoms. The Morgan fingerprint density at radius 1 is 1.03 bits per heavy atom. The Hall–Kier alpha value is -3.86. The van der Waals surface area contributed by atoms with Crippen LogP contribution in [0.5, 0.6) is 0 Å². The van der Waals surface area contributed by atoms with Gasteiger partial charge in [0.15, 0.2) is 0 Å². The number of halogens is 3. The van der Waals surface area contributed by atoms with Gasteiger partial charge in [-0.1, -0.05) is 6.92 Å². The quantitative estimate of drug-likeness (QED) is 0.385. The highest BCUT2D eigenvalue weighted by molar-refractivity contribution is 7.90. The van der Waals surface area contributed by atoms with E-state index in [0.717, 1.165) is 24.3 Å². The van der Waals surface area contributed by atoms with Crippen LogP contribution in [0.15, 0.2) is 53.5 Å². The van der Waals surface area contributed by atoms with E-state index in [0.29, 0.717) is 12.0 Å². The molecule has 7 nitrogen and oxygen atoms in total. The zero-order chi connectivity index (χ0) is 26.2. The van der Waals surface area contributed by atoms with E-state index in [2.05, 4.69) is 4.98 Å². The fourth-order valence-corrected chi connectivity index (χ4v) is 4.60. The lowest BCUT2D eigenvalue weighted by molar-refractivity contribution is 0.0974. The monoisotopic (exact) mass is 517 g/mol. The Bertz CT molecular complexity index is 1660. The Morgan fingerprint density at radius 3 is 2.44 bits per heavy atom. The van der Waals surface area contributed by atoms with Crippen LogP contribution >= 0.6 is 0 Å². The van der Waals surface area contributed by atoms with E-state index in [-0.39, 0.29) is 33.3 Å². The maximum absolute atomic E-state index is 14.9. The van der Waals surface area contributed by atoms with Gasteiger partial charge >= 0.3 is 0 Å². The van der Waals surface area contributed by atoms with Gasteiger partial charge in [0.05, 0.1) is 17.8 Å². The van der Waals surface area contributed by atoms with Crippen LogP contribution in [0.25, 0.3) is 22.0 Å². The normalized spacial score (nSPS) is 11.7. The van der Waals surface area contributed by atoms with E-state index in [1.54, 1.807) is 6.92 Å². The number of pyridine rings is 1. The van der Waals surface area contributed by atoms with Gasteiger partial charge in [-0.2, -0.15) is 0 Å². The maximum Gasteiger partial charge on any atom is 0.282 e. The highest BCUT2D eigenvalue weighted by Crippen LogP contribution is 2.36. The van der Waals surface area contributed by atoms with Crippen LogP contribution in [0.1, 0.15) is 35.5 Å². The number of hydrogen-bond acceptors (Lipinski definition) is 4. The number of sulfonamides is 1. The third-order valence-electron chi connectivity index (χ3n) is 5.88. The van der Waals surface area contributed by atoms with Crippen LogP contribution in [0, 0.1) is 17.5 Å². The fourth-order valence-electron chi connectivity index (χ4n) is 4.07. The largest absolute Gasteiger partial charge is 0.331 e. The molecule has 0 radical (unpaired) electrons. The molecule has 0 fully saturated rings. The first-order valence-electron chi connectivity index (χ1n) is 11.1. The third kappa shape index (κ3) is 4.66. The standard InChI is InChI=1S/C25H22F3N3O4S/c1-3-14-11-18-21(12-20(14)28)31(13-15-10-16(26)7-8-19(15)27)23(25(33)30-36(34,35)4-2)22(18)17-6-5-9-29-24(17)32/h5-12H,3-4,13H2,1-2H3,(H,29,32)(H,30,33). The number of hydrogen-bond donors (Lipinski definition) is 2. The molecule has 4 aromatic rings. The molecule has 4 rings (SSSR count). The van der Waals surface area contributed by atoms with E-state index in [4.69, 9.17) is 0 Å². The number of nitrogens with one attached hydrogen (secondary N) is 2. The summed E-state index contributed by atoms with van der Waals surface area (Å²) in [6, 6.07) is 8.32. The summed E-state index contributed by atoms with van der Waals surface area (Å²) >= 11 is 0. The van der Waals surface area contributed by atoms with Crippen molar-refractivity contribution in [1.29, 1.82) is 0 Å². The zero-order valence-corrected chi connectivity index (χ0v) is 20.2. The van der Waals surface area contributed by atoms with Gasteiger partial charge in [-0.05, 0) is 61.4 Å². The van der Waals surface area contributed by atoms with Crippen molar-refractivity contribution >= 4 is 26.8 Å². The van der Waals surface area contributed by atoms with E-state index in [1.807, 2.05) is 4.72 Å². The zero-order valence-electron chi connectivity index (χ0n) is 19.4. The van der Waals surface area contributed by atoms with E-state index >= 15 is 0 Å². The van der Waals surface area contributed by atoms with Gasteiger partial charge in [0.2, 0.25) is 10.0 Å². The topological polar surface area (TPSA) is 101 Å². The first-order valence-corrected chi connectivity index (χ1v) is 12.7. The molecule has 2 aromatic heterocycles. The van der Waals surface area contributed by atoms with Crippen LogP contribution in [0.2, 0.25) is 0 Å². The molecule has 0 saturated heterocycles. The molecule has 0 unspecified atom stereocenters. The average molecular weight is 518 g/mol. The van der Waals surface area contributed by atoms with Gasteiger partial charge in [-0.15, -0.1) is 0 Å². The number of fused-ring (bicyclic) bond motifs is 1. The molecular weight excluding hydrogens is 495 g/mol. The second-order valence-electron chi connectivity index (χ2n) is 8.11. The van der Waals surface area contributed by atoms with Crippen molar-refractivity contribution < 1.29 is 26.4 Å². The number of H-pyrrole nitrogens is 1. The predicted octanol–water partition coefficient (Wildman–Crippen LogP) is 4.10. The number of amides is 1. The number of nitrogens with zero attached hydrogens (tertiary/aromatic N) is 1. The summed E-state index contributed by atoms with van der Waals surface area (Å²) in [4.78, 5) is 28.7. The Balaban J connectivity index is 2.14. The van der Waals surface area contributed by atoms with Crippen LogP contribution in [-0.4, -0.2) is 29.6 Å². The summed E-state index contributed by atoms with van der Waals surface area (Å²) in [5.41, 5.74) is -0.592. The summed E-state index contributed by atoms with van der Waals surface area (Å²) < 4.78 is 71.1. The summed E-state index contributed by atoms with van der Waals surface area (Å²) in [6.45, 7) is 2.61.